The van der Waals surface area contributed by atoms with E-state index < -0.39 is 0 Å². The Hall–Kier alpha value is 1.53. The van der Waals surface area contributed by atoms with E-state index in [0.717, 1.165) is 0 Å². The van der Waals surface area contributed by atoms with E-state index in [4.69, 9.17) is 0 Å². The number of nitrogens with two attached hydrogens (primary N) is 1. The van der Waals surface area contributed by atoms with Gasteiger partial charge in [-0.1, -0.05) is 0 Å². The Balaban J connectivity index is 0. The molecule has 32 valence electrons. The van der Waals surface area contributed by atoms with E-state index in [1.54, 1.807) is 0 Å². The van der Waals surface area contributed by atoms with Crippen LogP contribution < -0.4 is 0 Å². The van der Waals surface area contributed by atoms with Gasteiger partial charge in [0.05, 0.1) is 0 Å². The molecular formula is H2CrCuMnN-. The van der Waals surface area contributed by atoms with Crippen molar-refractivity contribution in [3.63, 3.8) is 0 Å². The molecule has 0 aromatic carbocycles. The Bertz CT molecular complexity index is 8.00. The Morgan fingerprint density at radius 3 is 1.00 bits per heavy atom. The molecule has 0 fully saturated rings. The van der Waals surface area contributed by atoms with Crippen molar-refractivity contribution in [2.24, 2.45) is 0 Å². The van der Waals surface area contributed by atoms with Gasteiger partial charge in [0.1, 0.15) is 0 Å². The van der Waals surface area contributed by atoms with Gasteiger partial charge in [-0.3, -0.25) is 0 Å². The molecule has 0 rings (SSSR count). The van der Waals surface area contributed by atoms with Gasteiger partial charge in [0.2, 0.25) is 0 Å². The summed E-state index contributed by atoms with van der Waals surface area (Å²) < 4.78 is 0. The molecule has 4 heteroatoms. The van der Waals surface area contributed by atoms with Crippen molar-refractivity contribution in [1.82, 2.24) is 0 Å². The maximum atomic E-state index is 0. The maximum Gasteiger partial charge on any atom is 0 e. The summed E-state index contributed by atoms with van der Waals surface area (Å²) in [5.41, 5.74) is 0. The number of rotatable bonds is 0. The van der Waals surface area contributed by atoms with Crippen molar-refractivity contribution in [2.45, 2.75) is 0 Å². The minimum Gasteiger partial charge on any atom is -0.693 e. The van der Waals surface area contributed by atoms with E-state index >= 15 is 0 Å². The summed E-state index contributed by atoms with van der Waals surface area (Å²) in [6, 6.07) is 0. The largest absolute Gasteiger partial charge is 0.693 e. The zero-order chi connectivity index (χ0) is 0. The maximum absolute atomic E-state index is 0. The van der Waals surface area contributed by atoms with Gasteiger partial charge in [0.25, 0.3) is 0 Å². The minimum absolute atomic E-state index is 0. The Labute approximate surface area is 57.6 Å². The quantitative estimate of drug-likeness (QED) is 0.500. The van der Waals surface area contributed by atoms with Gasteiger partial charge in [0.15, 0.2) is 0 Å². The van der Waals surface area contributed by atoms with Gasteiger partial charge in [-0.2, -0.15) is 0 Å². The molecule has 0 aliphatic carbocycles. The summed E-state index contributed by atoms with van der Waals surface area (Å²) >= 11 is 0. The summed E-state index contributed by atoms with van der Waals surface area (Å²) in [4.78, 5) is 0. The molecule has 0 saturated heterocycles. The van der Waals surface area contributed by atoms with Crippen molar-refractivity contribution in [3.05, 3.63) is 6.15 Å². The standard InChI is InChI=1S/Cr.Cu.Mn.H2N/h;;;1H2/q;;;-1. The third kappa shape index (κ3) is 9.65. The predicted molar refractivity (Wildman–Crippen MR) is 5.28 cm³/mol. The minimum atomic E-state index is 0. The fourth-order valence-corrected chi connectivity index (χ4v) is 0. The summed E-state index contributed by atoms with van der Waals surface area (Å²) in [6.45, 7) is 0. The molecule has 0 aromatic heterocycles. The molecule has 0 unspecified atom stereocenters. The molecule has 2 radical (unpaired) electrons. The van der Waals surface area contributed by atoms with Crippen LogP contribution in [0.4, 0.5) is 0 Å². The topological polar surface area (TPSA) is 33.5 Å². The van der Waals surface area contributed by atoms with Crippen LogP contribution in [0.2, 0.25) is 0 Å². The first kappa shape index (κ1) is 48.4. The van der Waals surface area contributed by atoms with Crippen LogP contribution in [0, 0.1) is 0 Å². The summed E-state index contributed by atoms with van der Waals surface area (Å²) in [5, 5.41) is 0. The van der Waals surface area contributed by atoms with Gasteiger partial charge >= 0.3 is 0 Å². The molecule has 0 aromatic rings. The van der Waals surface area contributed by atoms with Crippen LogP contribution in [0.1, 0.15) is 0 Å². The second-order valence-electron chi connectivity index (χ2n) is 0. The molecule has 0 amide bonds. The number of hydrogen-bond acceptors (Lipinski definition) is 0. The fourth-order valence-electron chi connectivity index (χ4n) is 0. The fraction of sp³-hybridized carbons (Fsp3) is 0. The monoisotopic (exact) mass is 186 g/mol. The van der Waals surface area contributed by atoms with E-state index in [1.807, 2.05) is 0 Å². The van der Waals surface area contributed by atoms with Gasteiger partial charge in [-0.25, -0.2) is 0 Å². The van der Waals surface area contributed by atoms with E-state index in [-0.39, 0.29) is 57.6 Å². The van der Waals surface area contributed by atoms with Gasteiger partial charge in [-0.05, 0) is 0 Å². The number of hydrogen-bond donors (Lipinski definition) is 0. The molecule has 1 nitrogen and oxygen atoms in total. The Morgan fingerprint density at radius 2 is 1.00 bits per heavy atom. The molecule has 0 aliphatic rings. The first-order valence-corrected chi connectivity index (χ1v) is 0. The van der Waals surface area contributed by atoms with Gasteiger partial charge < -0.3 is 6.15 Å². The van der Waals surface area contributed by atoms with Crippen molar-refractivity contribution >= 4 is 0 Å². The molecule has 0 bridgehead atoms. The third-order valence-corrected chi connectivity index (χ3v) is 0. The van der Waals surface area contributed by atoms with Crippen molar-refractivity contribution in [3.8, 4) is 0 Å². The molecule has 2 N–H and O–H groups in total. The smallest absolute Gasteiger partial charge is 0 e. The van der Waals surface area contributed by atoms with E-state index in [2.05, 4.69) is 0 Å². The van der Waals surface area contributed by atoms with Crippen molar-refractivity contribution in [1.29, 1.82) is 0 Å². The van der Waals surface area contributed by atoms with Crippen molar-refractivity contribution < 1.29 is 51.5 Å². The summed E-state index contributed by atoms with van der Waals surface area (Å²) in [6.07, 6.45) is 0. The first-order valence-electron chi connectivity index (χ1n) is 0. The van der Waals surface area contributed by atoms with Crippen molar-refractivity contribution in [2.75, 3.05) is 0 Å². The molecule has 0 atom stereocenters. The molecule has 4 heavy (non-hydrogen) atoms. The zero-order valence-electron chi connectivity index (χ0n) is 1.67. The van der Waals surface area contributed by atoms with E-state index in [1.165, 1.54) is 0 Å². The van der Waals surface area contributed by atoms with E-state index in [0.29, 0.717) is 0 Å². The molecule has 0 heterocycles. The van der Waals surface area contributed by atoms with Crippen LogP contribution in [0.5, 0.6) is 0 Å². The average molecular weight is 187 g/mol. The van der Waals surface area contributed by atoms with E-state index in [9.17, 15) is 0 Å². The van der Waals surface area contributed by atoms with Gasteiger partial charge in [-0.15, -0.1) is 0 Å². The second-order valence-corrected chi connectivity index (χ2v) is 0. The Kier molecular flexibility index (Phi) is 292. The SMILES string of the molecule is [Cr].[Cu].[Mn].[NH2-]. The molecular weight excluding hydrogens is 184 g/mol. The summed E-state index contributed by atoms with van der Waals surface area (Å²) in [5.74, 6) is 0. The van der Waals surface area contributed by atoms with Crippen LogP contribution in [-0.2, 0) is 51.5 Å². The average Bonchev–Trinajstić information content (AvgIpc) is 0. The van der Waals surface area contributed by atoms with Crippen LogP contribution >= 0.6 is 0 Å². The molecule has 0 spiro atoms. The van der Waals surface area contributed by atoms with Crippen LogP contribution in [-0.4, -0.2) is 0 Å². The zero-order valence-corrected chi connectivity index (χ0v) is 5.06. The van der Waals surface area contributed by atoms with Gasteiger partial charge in [0, 0.05) is 51.5 Å². The Morgan fingerprint density at radius 1 is 1.00 bits per heavy atom. The van der Waals surface area contributed by atoms with Crippen LogP contribution in [0.15, 0.2) is 0 Å². The molecule has 0 saturated carbocycles. The molecule has 0 aliphatic heterocycles. The summed E-state index contributed by atoms with van der Waals surface area (Å²) in [7, 11) is 0. The third-order valence-electron chi connectivity index (χ3n) is 0. The van der Waals surface area contributed by atoms with Crippen LogP contribution in [0.25, 0.3) is 6.15 Å². The predicted octanol–water partition coefficient (Wildman–Crippen LogP) is 0.710. The first-order chi connectivity index (χ1) is 0. The normalized spacial score (nSPS) is 0. The van der Waals surface area contributed by atoms with Crippen LogP contribution in [0.3, 0.4) is 0 Å². The second kappa shape index (κ2) is 24.1.